The molecule has 0 bridgehead atoms. The van der Waals surface area contributed by atoms with Crippen molar-refractivity contribution in [3.63, 3.8) is 0 Å². The lowest BCUT2D eigenvalue weighted by molar-refractivity contribution is 0.0542. The molecule has 0 aliphatic rings. The molecule has 0 spiro atoms. The van der Waals surface area contributed by atoms with Crippen LogP contribution in [0.15, 0.2) is 61.2 Å². The minimum Gasteiger partial charge on any atom is -0.444 e. The van der Waals surface area contributed by atoms with Gasteiger partial charge in [-0.15, -0.1) is 0 Å². The average molecular weight is 433 g/mol. The van der Waals surface area contributed by atoms with Gasteiger partial charge in [0.05, 0.1) is 11.0 Å². The molecule has 1 amide bonds. The van der Waals surface area contributed by atoms with E-state index < -0.39 is 11.7 Å². The van der Waals surface area contributed by atoms with E-state index in [0.29, 0.717) is 12.4 Å². The molecule has 1 aromatic carbocycles. The van der Waals surface area contributed by atoms with Gasteiger partial charge in [0.15, 0.2) is 0 Å². The zero-order valence-electron chi connectivity index (χ0n) is 19.7. The van der Waals surface area contributed by atoms with E-state index in [1.807, 2.05) is 32.9 Å². The molecule has 0 aliphatic carbocycles. The second-order valence-corrected chi connectivity index (χ2v) is 9.81. The molecule has 0 saturated heterocycles. The zero-order valence-corrected chi connectivity index (χ0v) is 19.7. The number of nitrogens with one attached hydrogen (secondary N) is 2. The van der Waals surface area contributed by atoms with Crippen molar-refractivity contribution in [2.45, 2.75) is 59.1 Å². The highest BCUT2D eigenvalue weighted by Gasteiger charge is 2.17. The van der Waals surface area contributed by atoms with E-state index in [1.54, 1.807) is 12.4 Å². The summed E-state index contributed by atoms with van der Waals surface area (Å²) in [4.78, 5) is 21.1. The number of carbonyl (C=O) groups excluding carboxylic acids is 1. The van der Waals surface area contributed by atoms with Gasteiger partial charge in [-0.3, -0.25) is 15.3 Å². The van der Waals surface area contributed by atoms with Crippen molar-refractivity contribution in [3.05, 3.63) is 72.3 Å². The number of carbonyl (C=O) groups is 1. The normalized spacial score (nSPS) is 11.8. The van der Waals surface area contributed by atoms with Crippen molar-refractivity contribution in [2.75, 3.05) is 0 Å². The fourth-order valence-corrected chi connectivity index (χ4v) is 3.30. The van der Waals surface area contributed by atoms with Crippen molar-refractivity contribution in [1.29, 1.82) is 0 Å². The SMILES string of the molecule is C=C(NCc1ccnc2c(-c3ccc(C(C)(C)C)cc3)ccnc12)NC(=O)OC(C)(C)C. The van der Waals surface area contributed by atoms with Gasteiger partial charge >= 0.3 is 6.09 Å². The summed E-state index contributed by atoms with van der Waals surface area (Å²) in [5, 5.41) is 5.72. The van der Waals surface area contributed by atoms with Crippen LogP contribution >= 0.6 is 0 Å². The van der Waals surface area contributed by atoms with E-state index in [-0.39, 0.29) is 5.41 Å². The average Bonchev–Trinajstić information content (AvgIpc) is 2.69. The van der Waals surface area contributed by atoms with Crippen LogP contribution in [0.5, 0.6) is 0 Å². The second kappa shape index (κ2) is 8.99. The Kier molecular flexibility index (Phi) is 6.53. The van der Waals surface area contributed by atoms with Gasteiger partial charge in [-0.2, -0.15) is 0 Å². The first-order valence-electron chi connectivity index (χ1n) is 10.7. The van der Waals surface area contributed by atoms with Crippen molar-refractivity contribution in [2.24, 2.45) is 0 Å². The van der Waals surface area contributed by atoms with Gasteiger partial charge in [0.2, 0.25) is 0 Å². The molecule has 0 unspecified atom stereocenters. The molecule has 2 N–H and O–H groups in total. The lowest BCUT2D eigenvalue weighted by Crippen LogP contribution is -2.35. The van der Waals surface area contributed by atoms with Gasteiger partial charge in [0, 0.05) is 30.1 Å². The van der Waals surface area contributed by atoms with Gasteiger partial charge in [-0.25, -0.2) is 4.79 Å². The fraction of sp³-hybridized carbons (Fsp3) is 0.346. The third kappa shape index (κ3) is 5.84. The van der Waals surface area contributed by atoms with E-state index in [1.165, 1.54) is 5.56 Å². The van der Waals surface area contributed by atoms with E-state index >= 15 is 0 Å². The smallest absolute Gasteiger partial charge is 0.413 e. The third-order valence-electron chi connectivity index (χ3n) is 4.91. The van der Waals surface area contributed by atoms with Gasteiger partial charge in [-0.1, -0.05) is 51.6 Å². The predicted octanol–water partition coefficient (Wildman–Crippen LogP) is 5.68. The summed E-state index contributed by atoms with van der Waals surface area (Å²) < 4.78 is 5.25. The van der Waals surface area contributed by atoms with Crippen LogP contribution in [0, 0.1) is 0 Å². The van der Waals surface area contributed by atoms with Gasteiger partial charge < -0.3 is 10.1 Å². The summed E-state index contributed by atoms with van der Waals surface area (Å²) in [7, 11) is 0. The number of hydrogen-bond donors (Lipinski definition) is 2. The topological polar surface area (TPSA) is 76.1 Å². The van der Waals surface area contributed by atoms with Gasteiger partial charge in [0.1, 0.15) is 11.4 Å². The Morgan fingerprint density at radius 3 is 2.19 bits per heavy atom. The van der Waals surface area contributed by atoms with E-state index in [9.17, 15) is 4.79 Å². The second-order valence-electron chi connectivity index (χ2n) is 9.81. The van der Waals surface area contributed by atoms with Crippen LogP contribution in [-0.2, 0) is 16.7 Å². The zero-order chi connectivity index (χ0) is 23.5. The van der Waals surface area contributed by atoms with Gasteiger partial charge in [-0.05, 0) is 49.4 Å². The van der Waals surface area contributed by atoms with Crippen LogP contribution in [-0.4, -0.2) is 21.7 Å². The molecule has 168 valence electrons. The molecular weight excluding hydrogens is 400 g/mol. The Bertz CT molecular complexity index is 1120. The van der Waals surface area contributed by atoms with Crippen LogP contribution in [0.25, 0.3) is 22.2 Å². The Labute approximate surface area is 190 Å². The molecule has 0 fully saturated rings. The highest BCUT2D eigenvalue weighted by atomic mass is 16.6. The molecule has 3 rings (SSSR count). The van der Waals surface area contributed by atoms with Crippen molar-refractivity contribution in [1.82, 2.24) is 20.6 Å². The number of amides is 1. The molecule has 0 atom stereocenters. The summed E-state index contributed by atoms with van der Waals surface area (Å²) >= 11 is 0. The van der Waals surface area contributed by atoms with Crippen molar-refractivity contribution >= 4 is 17.1 Å². The maximum atomic E-state index is 11.9. The number of fused-ring (bicyclic) bond motifs is 1. The van der Waals surface area contributed by atoms with Crippen molar-refractivity contribution < 1.29 is 9.53 Å². The third-order valence-corrected chi connectivity index (χ3v) is 4.91. The number of pyridine rings is 2. The molecule has 2 aromatic heterocycles. The Morgan fingerprint density at radius 2 is 1.56 bits per heavy atom. The molecule has 32 heavy (non-hydrogen) atoms. The summed E-state index contributed by atoms with van der Waals surface area (Å²) in [5.41, 5.74) is 5.54. The standard InChI is InChI=1S/C26H32N4O2/c1-17(30-24(31)32-26(5,6)7)29-16-19-12-14-28-23-21(13-15-27-22(19)23)18-8-10-20(11-9-18)25(2,3)4/h8-15,29H,1,16H2,2-7H3,(H,30,31). The summed E-state index contributed by atoms with van der Waals surface area (Å²) in [6.07, 6.45) is 3.03. The number of rotatable bonds is 5. The maximum absolute atomic E-state index is 11.9. The van der Waals surface area contributed by atoms with E-state index in [0.717, 1.165) is 27.7 Å². The Hall–Kier alpha value is -3.41. The highest BCUT2D eigenvalue weighted by molar-refractivity contribution is 5.92. The van der Waals surface area contributed by atoms with Crippen molar-refractivity contribution in [3.8, 4) is 11.1 Å². The first-order chi connectivity index (χ1) is 14.9. The summed E-state index contributed by atoms with van der Waals surface area (Å²) in [6, 6.07) is 12.5. The predicted molar refractivity (Wildman–Crippen MR) is 129 cm³/mol. The van der Waals surface area contributed by atoms with Crippen LogP contribution in [0.2, 0.25) is 0 Å². The number of ether oxygens (including phenoxy) is 1. The van der Waals surface area contributed by atoms with E-state index in [2.05, 4.69) is 72.2 Å². The van der Waals surface area contributed by atoms with E-state index in [4.69, 9.17) is 4.74 Å². The molecule has 6 nitrogen and oxygen atoms in total. The molecule has 0 saturated carbocycles. The Balaban J connectivity index is 1.79. The first kappa shape index (κ1) is 23.3. The lowest BCUT2D eigenvalue weighted by Gasteiger charge is -2.20. The Morgan fingerprint density at radius 1 is 0.938 bits per heavy atom. The number of benzene rings is 1. The maximum Gasteiger partial charge on any atom is 0.413 e. The first-order valence-corrected chi connectivity index (χ1v) is 10.7. The molecule has 3 aromatic rings. The van der Waals surface area contributed by atoms with Crippen LogP contribution in [0.4, 0.5) is 4.79 Å². The fourth-order valence-electron chi connectivity index (χ4n) is 3.30. The summed E-state index contributed by atoms with van der Waals surface area (Å²) in [5.74, 6) is 0.359. The highest BCUT2D eigenvalue weighted by Crippen LogP contribution is 2.30. The lowest BCUT2D eigenvalue weighted by atomic mass is 9.86. The molecule has 6 heteroatoms. The molecule has 0 aliphatic heterocycles. The minimum absolute atomic E-state index is 0.103. The summed E-state index contributed by atoms with van der Waals surface area (Å²) in [6.45, 7) is 16.3. The molecule has 2 heterocycles. The van der Waals surface area contributed by atoms with Crippen LogP contribution < -0.4 is 10.6 Å². The minimum atomic E-state index is -0.572. The number of nitrogens with zero attached hydrogens (tertiary/aromatic N) is 2. The van der Waals surface area contributed by atoms with Gasteiger partial charge in [0.25, 0.3) is 0 Å². The molecular formula is C26H32N4O2. The molecule has 0 radical (unpaired) electrons. The van der Waals surface area contributed by atoms with Crippen LogP contribution in [0.3, 0.4) is 0 Å². The van der Waals surface area contributed by atoms with Crippen LogP contribution in [0.1, 0.15) is 52.7 Å². The number of aromatic nitrogens is 2. The quantitative estimate of drug-likeness (QED) is 0.542. The number of alkyl carbamates (subject to hydrolysis) is 1. The number of hydrogen-bond acceptors (Lipinski definition) is 5. The largest absolute Gasteiger partial charge is 0.444 e. The monoisotopic (exact) mass is 432 g/mol.